The molecule has 0 amide bonds. The lowest BCUT2D eigenvalue weighted by molar-refractivity contribution is -0.272. The Morgan fingerprint density at radius 1 is 0.667 bits per heavy atom. The summed E-state index contributed by atoms with van der Waals surface area (Å²) in [5.41, 5.74) is 0. The van der Waals surface area contributed by atoms with Crippen LogP contribution < -0.4 is 0 Å². The highest BCUT2D eigenvalue weighted by Crippen LogP contribution is 2.11. The summed E-state index contributed by atoms with van der Waals surface area (Å²) < 4.78 is 0. The Balaban J connectivity index is 3.01. The molecule has 21 heavy (non-hydrogen) atoms. The summed E-state index contributed by atoms with van der Waals surface area (Å²) in [6.45, 7) is 4.75. The lowest BCUT2D eigenvalue weighted by Gasteiger charge is -2.04. The molecular weight excluding hydrogens is 264 g/mol. The van der Waals surface area contributed by atoms with E-state index in [-0.39, 0.29) is 5.97 Å². The first-order valence-corrected chi connectivity index (χ1v) is 9.13. The molecule has 126 valence electrons. The van der Waals surface area contributed by atoms with Crippen molar-refractivity contribution < 1.29 is 14.6 Å². The summed E-state index contributed by atoms with van der Waals surface area (Å²) in [7, 11) is 0. The van der Waals surface area contributed by atoms with E-state index in [1.165, 1.54) is 70.6 Å². The van der Waals surface area contributed by atoms with E-state index in [2.05, 4.69) is 11.8 Å². The maximum atomic E-state index is 11.0. The monoisotopic (exact) mass is 300 g/mol. The van der Waals surface area contributed by atoms with Crippen molar-refractivity contribution in [1.82, 2.24) is 0 Å². The van der Waals surface area contributed by atoms with Crippen LogP contribution in [0, 0.1) is 0 Å². The van der Waals surface area contributed by atoms with Gasteiger partial charge in [-0.25, -0.2) is 4.79 Å². The highest BCUT2D eigenvalue weighted by Gasteiger charge is 2.01. The largest absolute Gasteiger partial charge is 0.342 e. The van der Waals surface area contributed by atoms with Crippen molar-refractivity contribution in [3.8, 4) is 0 Å². The van der Waals surface area contributed by atoms with Gasteiger partial charge in [-0.05, 0) is 12.8 Å². The molecule has 0 saturated carbocycles. The van der Waals surface area contributed by atoms with E-state index in [1.807, 2.05) is 6.92 Å². The molecule has 0 aromatic carbocycles. The molecule has 3 heteroatoms. The molecule has 0 aliphatic heterocycles. The van der Waals surface area contributed by atoms with Crippen molar-refractivity contribution in [2.45, 2.75) is 104 Å². The highest BCUT2D eigenvalue weighted by atomic mass is 17.2. The van der Waals surface area contributed by atoms with Crippen LogP contribution >= 0.6 is 0 Å². The van der Waals surface area contributed by atoms with E-state index in [1.54, 1.807) is 0 Å². The SMILES string of the molecule is CCCCCCCCCCCCCCOOC(=O)CCC. The van der Waals surface area contributed by atoms with Gasteiger partial charge in [0.2, 0.25) is 0 Å². The molecule has 0 aromatic rings. The fourth-order valence-corrected chi connectivity index (χ4v) is 2.36. The van der Waals surface area contributed by atoms with Crippen molar-refractivity contribution in [2.75, 3.05) is 6.61 Å². The van der Waals surface area contributed by atoms with E-state index < -0.39 is 0 Å². The average Bonchev–Trinajstić information content (AvgIpc) is 2.48. The Morgan fingerprint density at radius 3 is 1.62 bits per heavy atom. The third kappa shape index (κ3) is 17.4. The van der Waals surface area contributed by atoms with E-state index in [0.29, 0.717) is 13.0 Å². The summed E-state index contributed by atoms with van der Waals surface area (Å²) in [5, 5.41) is 0. The number of carbonyl (C=O) groups excluding carboxylic acids is 1. The van der Waals surface area contributed by atoms with Crippen LogP contribution in [0.5, 0.6) is 0 Å². The predicted molar refractivity (Wildman–Crippen MR) is 88.0 cm³/mol. The summed E-state index contributed by atoms with van der Waals surface area (Å²) in [6.07, 6.45) is 17.1. The predicted octanol–water partition coefficient (Wildman–Crippen LogP) is 5.96. The molecule has 0 N–H and O–H groups in total. The molecule has 0 aliphatic rings. The van der Waals surface area contributed by atoms with Gasteiger partial charge in [0.05, 0.1) is 6.61 Å². The number of unbranched alkanes of at least 4 members (excludes halogenated alkanes) is 11. The fourth-order valence-electron chi connectivity index (χ4n) is 2.36. The van der Waals surface area contributed by atoms with Gasteiger partial charge in [-0.2, -0.15) is 4.89 Å². The Kier molecular flexibility index (Phi) is 17.0. The molecule has 0 heterocycles. The first-order chi connectivity index (χ1) is 10.3. The standard InChI is InChI=1S/C18H36O3/c1-3-5-6-7-8-9-10-11-12-13-14-15-17-20-21-18(19)16-4-2/h3-17H2,1-2H3. The smallest absolute Gasteiger partial charge is 0.298 e. The second kappa shape index (κ2) is 17.5. The first-order valence-electron chi connectivity index (χ1n) is 9.13. The number of hydrogen-bond acceptors (Lipinski definition) is 3. The molecule has 0 rings (SSSR count). The van der Waals surface area contributed by atoms with Crippen LogP contribution in [0.1, 0.15) is 104 Å². The van der Waals surface area contributed by atoms with Gasteiger partial charge in [-0.3, -0.25) is 4.89 Å². The van der Waals surface area contributed by atoms with E-state index in [9.17, 15) is 4.79 Å². The second-order valence-electron chi connectivity index (χ2n) is 5.92. The summed E-state index contributed by atoms with van der Waals surface area (Å²) in [4.78, 5) is 20.5. The van der Waals surface area contributed by atoms with Gasteiger partial charge in [0.25, 0.3) is 0 Å². The third-order valence-electron chi connectivity index (χ3n) is 3.69. The molecule has 3 nitrogen and oxygen atoms in total. The molecule has 0 aliphatic carbocycles. The van der Waals surface area contributed by atoms with Gasteiger partial charge in [0, 0.05) is 6.42 Å². The molecule has 0 bridgehead atoms. The lowest BCUT2D eigenvalue weighted by atomic mass is 10.1. The van der Waals surface area contributed by atoms with Crippen LogP contribution in [-0.4, -0.2) is 12.6 Å². The van der Waals surface area contributed by atoms with Crippen LogP contribution in [-0.2, 0) is 14.6 Å². The zero-order valence-corrected chi connectivity index (χ0v) is 14.3. The van der Waals surface area contributed by atoms with Crippen molar-refractivity contribution in [2.24, 2.45) is 0 Å². The molecule has 0 fully saturated rings. The minimum absolute atomic E-state index is 0.253. The first kappa shape index (κ1) is 20.4. The van der Waals surface area contributed by atoms with E-state index in [4.69, 9.17) is 4.89 Å². The minimum Gasteiger partial charge on any atom is -0.298 e. The van der Waals surface area contributed by atoms with Crippen LogP contribution in [0.3, 0.4) is 0 Å². The molecule has 0 spiro atoms. The number of rotatable bonds is 16. The normalized spacial score (nSPS) is 10.8. The third-order valence-corrected chi connectivity index (χ3v) is 3.69. The van der Waals surface area contributed by atoms with Gasteiger partial charge in [0.15, 0.2) is 0 Å². The van der Waals surface area contributed by atoms with Gasteiger partial charge >= 0.3 is 5.97 Å². The van der Waals surface area contributed by atoms with Crippen molar-refractivity contribution in [3.63, 3.8) is 0 Å². The molecule has 0 saturated heterocycles. The Bertz CT molecular complexity index is 217. The number of hydrogen-bond donors (Lipinski definition) is 0. The van der Waals surface area contributed by atoms with Gasteiger partial charge in [0.1, 0.15) is 0 Å². The summed E-state index contributed by atoms with van der Waals surface area (Å²) in [5.74, 6) is -0.253. The molecule has 0 atom stereocenters. The maximum Gasteiger partial charge on any atom is 0.342 e. The van der Waals surface area contributed by atoms with Crippen LogP contribution in [0.2, 0.25) is 0 Å². The molecule has 0 aromatic heterocycles. The lowest BCUT2D eigenvalue weighted by Crippen LogP contribution is -2.05. The van der Waals surface area contributed by atoms with Gasteiger partial charge in [-0.15, -0.1) is 0 Å². The quantitative estimate of drug-likeness (QED) is 0.200. The topological polar surface area (TPSA) is 35.5 Å². The molecule has 0 radical (unpaired) electrons. The Hall–Kier alpha value is -0.570. The minimum atomic E-state index is -0.253. The zero-order chi connectivity index (χ0) is 15.6. The van der Waals surface area contributed by atoms with Crippen LogP contribution in [0.4, 0.5) is 0 Å². The average molecular weight is 300 g/mol. The van der Waals surface area contributed by atoms with Crippen molar-refractivity contribution in [3.05, 3.63) is 0 Å². The van der Waals surface area contributed by atoms with Gasteiger partial charge < -0.3 is 0 Å². The van der Waals surface area contributed by atoms with Crippen molar-refractivity contribution >= 4 is 5.97 Å². The molecular formula is C18H36O3. The Labute approximate surface area is 131 Å². The highest BCUT2D eigenvalue weighted by molar-refractivity contribution is 5.68. The van der Waals surface area contributed by atoms with Crippen LogP contribution in [0.25, 0.3) is 0 Å². The zero-order valence-electron chi connectivity index (χ0n) is 14.3. The maximum absolute atomic E-state index is 11.0. The summed E-state index contributed by atoms with van der Waals surface area (Å²) >= 11 is 0. The number of carbonyl (C=O) groups is 1. The fraction of sp³-hybridized carbons (Fsp3) is 0.944. The second-order valence-corrected chi connectivity index (χ2v) is 5.92. The van der Waals surface area contributed by atoms with E-state index in [0.717, 1.165) is 12.8 Å². The van der Waals surface area contributed by atoms with Crippen LogP contribution in [0.15, 0.2) is 0 Å². The Morgan fingerprint density at radius 2 is 1.14 bits per heavy atom. The van der Waals surface area contributed by atoms with E-state index >= 15 is 0 Å². The van der Waals surface area contributed by atoms with Crippen molar-refractivity contribution in [1.29, 1.82) is 0 Å². The van der Waals surface area contributed by atoms with Gasteiger partial charge in [-0.1, -0.05) is 84.5 Å². The summed E-state index contributed by atoms with van der Waals surface area (Å²) in [6, 6.07) is 0. The molecule has 0 unspecified atom stereocenters.